The first-order chi connectivity index (χ1) is 26.0. The SMILES string of the molecule is C/C=C(\C)C(=O)O[C@]1(C)CC=C2CSS[C@@H]3C=C[C@H](NC)[C@H]4CN(C(=O)Cc5cnc(N)cc5[C@H]2[C@]12Cc1cc5cc(CCCO)c(=O)oc5cc1O2)[C@H]43. The van der Waals surface area contributed by atoms with Gasteiger partial charge in [0.1, 0.15) is 17.2 Å². The lowest BCUT2D eigenvalue weighted by molar-refractivity contribution is -0.183. The van der Waals surface area contributed by atoms with E-state index >= 15 is 0 Å². The zero-order chi connectivity index (χ0) is 37.9. The van der Waals surface area contributed by atoms with Crippen molar-refractivity contribution in [1.29, 1.82) is 0 Å². The molecule has 5 heterocycles. The molecule has 11 nitrogen and oxygen atoms in total. The number of aromatic nitrogens is 1. The highest BCUT2D eigenvalue weighted by Gasteiger charge is 2.64. The number of rotatable bonds is 6. The Kier molecular flexibility index (Phi) is 9.73. The van der Waals surface area contributed by atoms with E-state index < -0.39 is 28.7 Å². The van der Waals surface area contributed by atoms with E-state index in [0.717, 1.165) is 27.6 Å². The molecule has 4 N–H and O–H groups in total. The van der Waals surface area contributed by atoms with Gasteiger partial charge in [0.25, 0.3) is 0 Å². The van der Waals surface area contributed by atoms with Gasteiger partial charge >= 0.3 is 11.6 Å². The Morgan fingerprint density at radius 1 is 1.22 bits per heavy atom. The van der Waals surface area contributed by atoms with Crippen LogP contribution in [-0.4, -0.2) is 81.4 Å². The van der Waals surface area contributed by atoms with Crippen molar-refractivity contribution in [1.82, 2.24) is 15.2 Å². The first-order valence-corrected chi connectivity index (χ1v) is 21.0. The van der Waals surface area contributed by atoms with E-state index in [-0.39, 0.29) is 36.3 Å². The maximum Gasteiger partial charge on any atom is 0.339 e. The predicted molar refractivity (Wildman–Crippen MR) is 211 cm³/mol. The summed E-state index contributed by atoms with van der Waals surface area (Å²) in [5, 5.41) is 13.7. The summed E-state index contributed by atoms with van der Waals surface area (Å²) in [6.45, 7) is 6.12. The molecule has 1 fully saturated rings. The number of anilines is 1. The molecule has 1 aromatic carbocycles. The highest BCUT2D eigenvalue weighted by atomic mass is 33.1. The topological polar surface area (TPSA) is 157 Å². The smallest absolute Gasteiger partial charge is 0.339 e. The average Bonchev–Trinajstić information content (AvgIpc) is 3.51. The molecule has 3 aliphatic heterocycles. The number of allylic oxidation sites excluding steroid dienone is 1. The van der Waals surface area contributed by atoms with Crippen LogP contribution in [0.2, 0.25) is 0 Å². The van der Waals surface area contributed by atoms with Crippen molar-refractivity contribution in [2.24, 2.45) is 5.92 Å². The number of aliphatic hydroxyl groups excluding tert-OH is 1. The number of nitrogen functional groups attached to an aromatic ring is 1. The molecular formula is C41H46N4O7S2. The summed E-state index contributed by atoms with van der Waals surface area (Å²) < 4.78 is 19.6. The van der Waals surface area contributed by atoms with E-state index in [0.29, 0.717) is 72.2 Å². The van der Waals surface area contributed by atoms with Crippen molar-refractivity contribution in [2.75, 3.05) is 31.7 Å². The highest BCUT2D eigenvalue weighted by Crippen LogP contribution is 2.59. The quantitative estimate of drug-likeness (QED) is 0.101. The summed E-state index contributed by atoms with van der Waals surface area (Å²) in [5.41, 5.74) is 8.56. The fourth-order valence-corrected chi connectivity index (χ4v) is 11.9. The van der Waals surface area contributed by atoms with Gasteiger partial charge in [-0.1, -0.05) is 51.5 Å². The maximum atomic E-state index is 14.3. The van der Waals surface area contributed by atoms with Crippen molar-refractivity contribution >= 4 is 50.3 Å². The van der Waals surface area contributed by atoms with Crippen LogP contribution in [0.1, 0.15) is 61.8 Å². The predicted octanol–water partition coefficient (Wildman–Crippen LogP) is 5.04. The second kappa shape index (κ2) is 14.2. The molecule has 1 amide bonds. The van der Waals surface area contributed by atoms with Gasteiger partial charge in [0.05, 0.1) is 23.6 Å². The maximum absolute atomic E-state index is 14.3. The number of amides is 1. The number of nitrogens with one attached hydrogen (secondary N) is 1. The van der Waals surface area contributed by atoms with E-state index in [2.05, 4.69) is 28.5 Å². The monoisotopic (exact) mass is 770 g/mol. The molecule has 13 heteroatoms. The lowest BCUT2D eigenvalue weighted by atomic mass is 9.61. The minimum Gasteiger partial charge on any atom is -0.481 e. The molecule has 0 unspecified atom stereocenters. The molecule has 7 atom stereocenters. The van der Waals surface area contributed by atoms with E-state index in [1.54, 1.807) is 53.8 Å². The Morgan fingerprint density at radius 3 is 2.83 bits per heavy atom. The number of likely N-dealkylation sites (N-methyl/N-ethyl adjacent to an activating group) is 1. The van der Waals surface area contributed by atoms with Gasteiger partial charge in [-0.2, -0.15) is 0 Å². The zero-order valence-electron chi connectivity index (χ0n) is 30.9. The van der Waals surface area contributed by atoms with Crippen LogP contribution in [0.3, 0.4) is 0 Å². The van der Waals surface area contributed by atoms with Crippen molar-refractivity contribution in [3.8, 4) is 5.75 Å². The van der Waals surface area contributed by atoms with E-state index in [1.807, 2.05) is 37.1 Å². The summed E-state index contributed by atoms with van der Waals surface area (Å²) in [6.07, 6.45) is 11.8. The Bertz CT molecular complexity index is 2180. The third-order valence-corrected chi connectivity index (χ3v) is 14.8. The van der Waals surface area contributed by atoms with Gasteiger partial charge in [-0.05, 0) is 75.5 Å². The molecule has 1 spiro atoms. The number of nitrogens with two attached hydrogens (primary N) is 1. The molecule has 8 rings (SSSR count). The Morgan fingerprint density at radius 2 is 2.06 bits per heavy atom. The Balaban J connectivity index is 1.28. The average molecular weight is 771 g/mol. The van der Waals surface area contributed by atoms with Crippen LogP contribution in [0.25, 0.3) is 11.0 Å². The number of aryl methyl sites for hydroxylation is 1. The molecule has 0 saturated carbocycles. The van der Waals surface area contributed by atoms with Gasteiger partial charge in [-0.15, -0.1) is 0 Å². The van der Waals surface area contributed by atoms with Gasteiger partial charge in [0.2, 0.25) is 5.91 Å². The van der Waals surface area contributed by atoms with Gasteiger partial charge in [-0.3, -0.25) is 4.79 Å². The van der Waals surface area contributed by atoms with Gasteiger partial charge < -0.3 is 34.9 Å². The van der Waals surface area contributed by atoms with E-state index in [4.69, 9.17) is 19.6 Å². The minimum atomic E-state index is -1.18. The zero-order valence-corrected chi connectivity index (χ0v) is 32.6. The van der Waals surface area contributed by atoms with Crippen molar-refractivity contribution in [3.05, 3.63) is 98.6 Å². The molecular weight excluding hydrogens is 725 g/mol. The largest absolute Gasteiger partial charge is 0.481 e. The highest BCUT2D eigenvalue weighted by molar-refractivity contribution is 8.77. The van der Waals surface area contributed by atoms with Gasteiger partial charge in [0, 0.05) is 72.5 Å². The fraction of sp³-hybridized carbons (Fsp3) is 0.463. The molecule has 1 saturated heterocycles. The first-order valence-electron chi connectivity index (χ1n) is 18.6. The summed E-state index contributed by atoms with van der Waals surface area (Å²) in [5.74, 6) is 0.953. The minimum absolute atomic E-state index is 0.0313. The molecule has 3 aromatic rings. The normalized spacial score (nSPS) is 30.2. The molecule has 0 bridgehead atoms. The van der Waals surface area contributed by atoms with Gasteiger partial charge in [-0.25, -0.2) is 14.6 Å². The Hall–Kier alpha value is -4.04. The van der Waals surface area contributed by atoms with Crippen LogP contribution < -0.4 is 21.4 Å². The second-order valence-corrected chi connectivity index (χ2v) is 17.8. The van der Waals surface area contributed by atoms with Crippen molar-refractivity contribution in [2.45, 2.75) is 87.3 Å². The number of aliphatic hydroxyl groups is 1. The number of fused-ring (bicyclic) bond motifs is 6. The van der Waals surface area contributed by atoms with Crippen LogP contribution in [0.4, 0.5) is 5.82 Å². The third kappa shape index (κ3) is 6.07. The summed E-state index contributed by atoms with van der Waals surface area (Å²) in [7, 11) is 5.53. The number of carbonyl (C=O) groups excluding carboxylic acids is 2. The van der Waals surface area contributed by atoms with Crippen molar-refractivity contribution < 1.29 is 28.6 Å². The van der Waals surface area contributed by atoms with Crippen LogP contribution in [0, 0.1) is 5.92 Å². The number of ether oxygens (including phenoxy) is 2. The van der Waals surface area contributed by atoms with Crippen LogP contribution >= 0.6 is 21.6 Å². The second-order valence-electron chi connectivity index (χ2n) is 15.3. The van der Waals surface area contributed by atoms with E-state index in [1.165, 1.54) is 0 Å². The summed E-state index contributed by atoms with van der Waals surface area (Å²) >= 11 is 0. The van der Waals surface area contributed by atoms with Gasteiger partial charge in [0.15, 0.2) is 11.2 Å². The number of hydrogen-bond acceptors (Lipinski definition) is 12. The van der Waals surface area contributed by atoms with Crippen LogP contribution in [0.5, 0.6) is 5.75 Å². The molecule has 54 heavy (non-hydrogen) atoms. The molecule has 5 aliphatic rings. The molecule has 0 radical (unpaired) electrons. The molecule has 284 valence electrons. The van der Waals surface area contributed by atoms with Crippen LogP contribution in [-0.2, 0) is 33.6 Å². The van der Waals surface area contributed by atoms with E-state index in [9.17, 15) is 19.5 Å². The lowest BCUT2D eigenvalue weighted by Gasteiger charge is -2.55. The van der Waals surface area contributed by atoms with Crippen LogP contribution in [0.15, 0.2) is 75.1 Å². The number of nitrogens with zero attached hydrogens (tertiary/aromatic N) is 2. The fourth-order valence-electron chi connectivity index (χ4n) is 9.06. The number of carbonyl (C=O) groups is 2. The van der Waals surface area contributed by atoms with Crippen molar-refractivity contribution in [3.63, 3.8) is 0 Å². The number of benzene rings is 1. The summed E-state index contributed by atoms with van der Waals surface area (Å²) in [6, 6.07) is 7.74. The third-order valence-electron chi connectivity index (χ3n) is 12.2. The number of esters is 1. The standard InChI is InChI=1S/C41H46N4O7S2/c1-5-22(2)38(48)52-40(3)11-10-24-21-53-54-33-9-8-30(43-4)29-20-45(37(29)33)35(47)15-27-19-44-34(42)16-28(27)36(24)41(40)18-26-14-25-13-23(7-6-12-46)39(49)50-31(25)17-32(26)51-41/h5,8-10,13-14,16-17,19,29-30,33,36-37,43,46H,6-7,11-12,15,18,20-21H2,1-4H3,(H2,42,44)/b22-5+/t29-,30+,33-,36+,37-,40-,41-/m1/s1. The Labute approximate surface area is 322 Å². The first kappa shape index (κ1) is 36.9. The molecule has 2 aliphatic carbocycles. The summed E-state index contributed by atoms with van der Waals surface area (Å²) in [4.78, 5) is 47.5. The number of pyridine rings is 1. The number of hydrogen-bond donors (Lipinski definition) is 3. The lowest BCUT2D eigenvalue weighted by Crippen LogP contribution is -2.68. The molecule has 2 aromatic heterocycles.